The highest BCUT2D eigenvalue weighted by Crippen LogP contribution is 2.36. The Morgan fingerprint density at radius 1 is 1.09 bits per heavy atom. The van der Waals surface area contributed by atoms with E-state index in [4.69, 9.17) is 0 Å². The average molecular weight is 452 g/mol. The van der Waals surface area contributed by atoms with Gasteiger partial charge in [-0.3, -0.25) is 14.4 Å². The minimum Gasteiger partial charge on any atom is -0.354 e. The predicted molar refractivity (Wildman–Crippen MR) is 130 cm³/mol. The zero-order valence-electron chi connectivity index (χ0n) is 20.5. The lowest BCUT2D eigenvalue weighted by Gasteiger charge is -2.28. The van der Waals surface area contributed by atoms with E-state index >= 15 is 0 Å². The monoisotopic (exact) mass is 451 g/mol. The molecular weight excluding hydrogens is 414 g/mol. The minimum absolute atomic E-state index is 0.0722. The van der Waals surface area contributed by atoms with Gasteiger partial charge in [0.05, 0.1) is 6.04 Å². The minimum atomic E-state index is -0.637. The van der Waals surface area contributed by atoms with Gasteiger partial charge in [0.25, 0.3) is 5.91 Å². The molecule has 2 atom stereocenters. The van der Waals surface area contributed by atoms with Crippen molar-refractivity contribution >= 4 is 17.6 Å². The van der Waals surface area contributed by atoms with Gasteiger partial charge in [-0.05, 0) is 43.2 Å². The molecule has 0 saturated carbocycles. The second kappa shape index (κ2) is 10.4. The van der Waals surface area contributed by atoms with Crippen LogP contribution < -0.4 is 10.6 Å². The Morgan fingerprint density at radius 2 is 1.79 bits per heavy atom. The van der Waals surface area contributed by atoms with E-state index in [1.165, 1.54) is 0 Å². The average Bonchev–Trinajstić information content (AvgIpc) is 3.08. The molecule has 1 aromatic carbocycles. The van der Waals surface area contributed by atoms with E-state index in [2.05, 4.69) is 36.4 Å². The third-order valence-electron chi connectivity index (χ3n) is 6.50. The summed E-state index contributed by atoms with van der Waals surface area (Å²) in [6, 6.07) is 8.97. The molecule has 0 spiro atoms. The first kappa shape index (κ1) is 24.7. The van der Waals surface area contributed by atoms with Crippen molar-refractivity contribution < 1.29 is 14.4 Å². The number of Topliss-reactive ketones (excluding diaryl/α,β-unsaturated/α-hetero) is 1. The molecule has 1 heterocycles. The van der Waals surface area contributed by atoms with Crippen molar-refractivity contribution in [2.24, 2.45) is 5.41 Å². The second-order valence-electron chi connectivity index (χ2n) is 10.1. The van der Waals surface area contributed by atoms with Crippen LogP contribution in [0.5, 0.6) is 0 Å². The topological polar surface area (TPSA) is 91.1 Å². The van der Waals surface area contributed by atoms with Crippen molar-refractivity contribution in [1.82, 2.24) is 15.6 Å². The van der Waals surface area contributed by atoms with E-state index in [1.54, 1.807) is 0 Å². The first-order valence-corrected chi connectivity index (χ1v) is 12.0. The normalized spacial score (nSPS) is 16.6. The van der Waals surface area contributed by atoms with Crippen molar-refractivity contribution in [3.63, 3.8) is 0 Å². The van der Waals surface area contributed by atoms with Gasteiger partial charge < -0.3 is 15.6 Å². The number of aromatic amines is 1. The molecule has 33 heavy (non-hydrogen) atoms. The molecule has 0 aliphatic heterocycles. The van der Waals surface area contributed by atoms with Crippen LogP contribution in [0, 0.1) is 12.3 Å². The van der Waals surface area contributed by atoms with E-state index in [0.29, 0.717) is 29.7 Å². The number of rotatable bonds is 9. The van der Waals surface area contributed by atoms with Crippen LogP contribution in [0.15, 0.2) is 30.3 Å². The van der Waals surface area contributed by atoms with Gasteiger partial charge in [-0.15, -0.1) is 0 Å². The third kappa shape index (κ3) is 5.92. The van der Waals surface area contributed by atoms with Gasteiger partial charge in [-0.25, -0.2) is 0 Å². The number of unbranched alkanes of at least 4 members (excludes halogenated alkanes) is 2. The lowest BCUT2D eigenvalue weighted by atomic mass is 9.75. The van der Waals surface area contributed by atoms with E-state index in [9.17, 15) is 14.4 Å². The number of hydrogen-bond donors (Lipinski definition) is 3. The van der Waals surface area contributed by atoms with Crippen molar-refractivity contribution in [2.75, 3.05) is 0 Å². The van der Waals surface area contributed by atoms with Crippen molar-refractivity contribution in [2.45, 2.75) is 85.2 Å². The highest BCUT2D eigenvalue weighted by atomic mass is 16.2. The van der Waals surface area contributed by atoms with Crippen LogP contribution in [-0.2, 0) is 11.2 Å². The van der Waals surface area contributed by atoms with Crippen molar-refractivity contribution in [1.29, 1.82) is 0 Å². The second-order valence-corrected chi connectivity index (χ2v) is 10.1. The number of ketones is 1. The van der Waals surface area contributed by atoms with Crippen LogP contribution in [0.1, 0.15) is 104 Å². The number of H-pyrrole nitrogens is 1. The smallest absolute Gasteiger partial charge is 0.268 e. The molecule has 0 unspecified atom stereocenters. The SMILES string of the molecule is CCCCC[C@@H](NC(=O)c1[nH]c2c(c1C)C(=O)CC(C)(C)C2)C(=O)N[C@H](C)c1ccccc1. The molecule has 0 bridgehead atoms. The molecule has 0 radical (unpaired) electrons. The van der Waals surface area contributed by atoms with Gasteiger partial charge in [0, 0.05) is 17.7 Å². The summed E-state index contributed by atoms with van der Waals surface area (Å²) in [7, 11) is 0. The summed E-state index contributed by atoms with van der Waals surface area (Å²) >= 11 is 0. The van der Waals surface area contributed by atoms with Crippen LogP contribution in [0.4, 0.5) is 0 Å². The van der Waals surface area contributed by atoms with Crippen LogP contribution in [-0.4, -0.2) is 28.6 Å². The quantitative estimate of drug-likeness (QED) is 0.467. The maximum atomic E-state index is 13.2. The summed E-state index contributed by atoms with van der Waals surface area (Å²) in [4.78, 5) is 42.2. The molecular formula is C27H37N3O3. The molecule has 2 amide bonds. The van der Waals surface area contributed by atoms with Gasteiger partial charge in [0.15, 0.2) is 5.78 Å². The fourth-order valence-corrected chi connectivity index (χ4v) is 4.70. The van der Waals surface area contributed by atoms with Gasteiger partial charge in [-0.2, -0.15) is 0 Å². The zero-order valence-corrected chi connectivity index (χ0v) is 20.5. The summed E-state index contributed by atoms with van der Waals surface area (Å²) in [5.74, 6) is -0.457. The first-order valence-electron chi connectivity index (χ1n) is 12.0. The highest BCUT2D eigenvalue weighted by molar-refractivity contribution is 6.05. The molecule has 6 heteroatoms. The summed E-state index contributed by atoms with van der Waals surface area (Å²) in [6.07, 6.45) is 4.63. The summed E-state index contributed by atoms with van der Waals surface area (Å²) in [5.41, 5.74) is 3.40. The summed E-state index contributed by atoms with van der Waals surface area (Å²) < 4.78 is 0. The third-order valence-corrected chi connectivity index (χ3v) is 6.50. The summed E-state index contributed by atoms with van der Waals surface area (Å²) in [6.45, 7) is 9.98. The maximum Gasteiger partial charge on any atom is 0.268 e. The Balaban J connectivity index is 1.77. The predicted octanol–water partition coefficient (Wildman–Crippen LogP) is 5.03. The molecule has 1 aromatic heterocycles. The van der Waals surface area contributed by atoms with Gasteiger partial charge in [-0.1, -0.05) is 70.4 Å². The number of benzene rings is 1. The Bertz CT molecular complexity index is 1010. The first-order chi connectivity index (χ1) is 15.6. The maximum absolute atomic E-state index is 13.2. The molecule has 2 aromatic rings. The molecule has 1 aliphatic carbocycles. The molecule has 178 valence electrons. The van der Waals surface area contributed by atoms with Crippen molar-refractivity contribution in [3.8, 4) is 0 Å². The molecule has 6 nitrogen and oxygen atoms in total. The Labute approximate surface area is 196 Å². The zero-order chi connectivity index (χ0) is 24.2. The van der Waals surface area contributed by atoms with E-state index in [1.807, 2.05) is 44.2 Å². The van der Waals surface area contributed by atoms with Crippen LogP contribution in [0.2, 0.25) is 0 Å². The number of fused-ring (bicyclic) bond motifs is 1. The molecule has 1 aliphatic rings. The Hall–Kier alpha value is -2.89. The lowest BCUT2D eigenvalue weighted by molar-refractivity contribution is -0.123. The molecule has 3 rings (SSSR count). The fourth-order valence-electron chi connectivity index (χ4n) is 4.70. The number of aromatic nitrogens is 1. The largest absolute Gasteiger partial charge is 0.354 e. The van der Waals surface area contributed by atoms with Gasteiger partial charge in [0.1, 0.15) is 11.7 Å². The van der Waals surface area contributed by atoms with E-state index < -0.39 is 6.04 Å². The number of amides is 2. The number of carbonyl (C=O) groups is 3. The number of carbonyl (C=O) groups excluding carboxylic acids is 3. The Kier molecular flexibility index (Phi) is 7.77. The van der Waals surface area contributed by atoms with Crippen molar-refractivity contribution in [3.05, 3.63) is 58.4 Å². The van der Waals surface area contributed by atoms with E-state index in [0.717, 1.165) is 36.9 Å². The van der Waals surface area contributed by atoms with Gasteiger partial charge in [0.2, 0.25) is 5.91 Å². The molecule has 3 N–H and O–H groups in total. The van der Waals surface area contributed by atoms with Crippen LogP contribution in [0.25, 0.3) is 0 Å². The van der Waals surface area contributed by atoms with Gasteiger partial charge >= 0.3 is 0 Å². The standard InChI is InChI=1S/C27H37N3O3/c1-6-7-9-14-20(25(32)28-18(3)19-12-10-8-11-13-19)30-26(33)24-17(2)23-21(29-24)15-27(4,5)16-22(23)31/h8,10-13,18,20,29H,6-7,9,14-16H2,1-5H3,(H,28,32)(H,30,33)/t18-,20-/m1/s1. The highest BCUT2D eigenvalue weighted by Gasteiger charge is 2.35. The lowest BCUT2D eigenvalue weighted by Crippen LogP contribution is -2.47. The van der Waals surface area contributed by atoms with Crippen LogP contribution >= 0.6 is 0 Å². The summed E-state index contributed by atoms with van der Waals surface area (Å²) in [5, 5.41) is 5.98. The van der Waals surface area contributed by atoms with E-state index in [-0.39, 0.29) is 29.1 Å². The molecule has 0 saturated heterocycles. The fraction of sp³-hybridized carbons (Fsp3) is 0.519. The molecule has 0 fully saturated rings. The van der Waals surface area contributed by atoms with Crippen LogP contribution in [0.3, 0.4) is 0 Å². The number of nitrogens with one attached hydrogen (secondary N) is 3. The number of hydrogen-bond acceptors (Lipinski definition) is 3. The Morgan fingerprint density at radius 3 is 2.45 bits per heavy atom.